The van der Waals surface area contributed by atoms with Gasteiger partial charge in [-0.15, -0.1) is 10.2 Å². The fourth-order valence-electron chi connectivity index (χ4n) is 1.17. The van der Waals surface area contributed by atoms with Crippen LogP contribution in [0.15, 0.2) is 30.3 Å². The number of hydrogen-bond donors (Lipinski definition) is 0. The molecule has 5 heteroatoms. The maximum Gasteiger partial charge on any atom is 0.151 e. The first-order chi connectivity index (χ1) is 7.15. The Balaban J connectivity index is 2.49. The molecule has 0 spiro atoms. The van der Waals surface area contributed by atoms with Crippen molar-refractivity contribution in [1.82, 2.24) is 10.2 Å². The van der Waals surface area contributed by atoms with Crippen molar-refractivity contribution < 1.29 is 8.78 Å². The Bertz CT molecular complexity index is 465. The zero-order chi connectivity index (χ0) is 10.8. The van der Waals surface area contributed by atoms with Gasteiger partial charge in [0.15, 0.2) is 5.15 Å². The van der Waals surface area contributed by atoms with Crippen LogP contribution in [0, 0.1) is 11.6 Å². The summed E-state index contributed by atoms with van der Waals surface area (Å²) in [5.74, 6) is -1.30. The molecule has 15 heavy (non-hydrogen) atoms. The summed E-state index contributed by atoms with van der Waals surface area (Å²) in [6.07, 6.45) is 0. The zero-order valence-electron chi connectivity index (χ0n) is 7.42. The van der Waals surface area contributed by atoms with Gasteiger partial charge in [0.2, 0.25) is 0 Å². The lowest BCUT2D eigenvalue weighted by Gasteiger charge is -2.00. The van der Waals surface area contributed by atoms with Gasteiger partial charge in [-0.25, -0.2) is 8.78 Å². The van der Waals surface area contributed by atoms with Crippen molar-refractivity contribution in [2.24, 2.45) is 0 Å². The number of nitrogens with zero attached hydrogens (tertiary/aromatic N) is 2. The topological polar surface area (TPSA) is 25.8 Å². The predicted molar refractivity (Wildman–Crippen MR) is 52.4 cm³/mol. The molecule has 1 aromatic carbocycles. The van der Waals surface area contributed by atoms with Crippen LogP contribution in [0.1, 0.15) is 0 Å². The van der Waals surface area contributed by atoms with Gasteiger partial charge in [-0.3, -0.25) is 0 Å². The highest BCUT2D eigenvalue weighted by Crippen LogP contribution is 2.19. The summed E-state index contributed by atoms with van der Waals surface area (Å²) in [4.78, 5) is 0. The lowest BCUT2D eigenvalue weighted by atomic mass is 10.1. The Morgan fingerprint density at radius 3 is 2.13 bits per heavy atom. The molecule has 0 saturated carbocycles. The van der Waals surface area contributed by atoms with Crippen molar-refractivity contribution in [2.75, 3.05) is 0 Å². The molecule has 0 unspecified atom stereocenters. The van der Waals surface area contributed by atoms with Crippen LogP contribution in [-0.4, -0.2) is 10.2 Å². The van der Waals surface area contributed by atoms with E-state index in [2.05, 4.69) is 10.2 Å². The van der Waals surface area contributed by atoms with Gasteiger partial charge >= 0.3 is 0 Å². The predicted octanol–water partition coefficient (Wildman–Crippen LogP) is 3.08. The van der Waals surface area contributed by atoms with E-state index in [0.717, 1.165) is 6.07 Å². The number of rotatable bonds is 1. The summed E-state index contributed by atoms with van der Waals surface area (Å²) in [6.45, 7) is 0. The van der Waals surface area contributed by atoms with E-state index in [1.807, 2.05) is 0 Å². The van der Waals surface area contributed by atoms with Crippen molar-refractivity contribution in [1.29, 1.82) is 0 Å². The van der Waals surface area contributed by atoms with Gasteiger partial charge in [0.05, 0.1) is 5.69 Å². The number of hydrogen-bond acceptors (Lipinski definition) is 2. The van der Waals surface area contributed by atoms with Crippen molar-refractivity contribution in [3.63, 3.8) is 0 Å². The van der Waals surface area contributed by atoms with Crippen molar-refractivity contribution in [2.45, 2.75) is 0 Å². The molecule has 0 bridgehead atoms. The summed E-state index contributed by atoms with van der Waals surface area (Å²) < 4.78 is 25.8. The van der Waals surface area contributed by atoms with Gasteiger partial charge in [0.25, 0.3) is 0 Å². The van der Waals surface area contributed by atoms with E-state index in [4.69, 9.17) is 11.6 Å². The monoisotopic (exact) mass is 226 g/mol. The normalized spacial score (nSPS) is 10.3. The molecule has 2 rings (SSSR count). The first-order valence-corrected chi connectivity index (χ1v) is 4.48. The summed E-state index contributed by atoms with van der Waals surface area (Å²) in [5.41, 5.74) is 0.703. The van der Waals surface area contributed by atoms with E-state index in [-0.39, 0.29) is 5.15 Å². The first kappa shape index (κ1) is 9.98. The molecule has 2 aromatic rings. The maximum absolute atomic E-state index is 12.9. The van der Waals surface area contributed by atoms with Gasteiger partial charge < -0.3 is 0 Å². The lowest BCUT2D eigenvalue weighted by Crippen LogP contribution is -1.89. The molecule has 1 aromatic heterocycles. The fourth-order valence-corrected chi connectivity index (χ4v) is 1.27. The SMILES string of the molecule is Fc1cc(F)cc(-c2ccc(Cl)nn2)c1. The second kappa shape index (κ2) is 3.90. The highest BCUT2D eigenvalue weighted by Gasteiger charge is 2.04. The van der Waals surface area contributed by atoms with E-state index in [0.29, 0.717) is 11.3 Å². The van der Waals surface area contributed by atoms with Gasteiger partial charge in [-0.05, 0) is 24.3 Å². The van der Waals surface area contributed by atoms with E-state index in [1.54, 1.807) is 6.07 Å². The second-order valence-electron chi connectivity index (χ2n) is 2.90. The third kappa shape index (κ3) is 2.27. The standard InChI is InChI=1S/C10H5ClF2N2/c11-10-2-1-9(14-15-10)6-3-7(12)5-8(13)4-6/h1-5H. The Hall–Kier alpha value is -1.55. The molecular weight excluding hydrogens is 222 g/mol. The molecule has 0 atom stereocenters. The minimum absolute atomic E-state index is 0.232. The van der Waals surface area contributed by atoms with Gasteiger partial charge in [-0.2, -0.15) is 0 Å². The van der Waals surface area contributed by atoms with Crippen molar-refractivity contribution in [3.05, 3.63) is 47.1 Å². The van der Waals surface area contributed by atoms with E-state index >= 15 is 0 Å². The Kier molecular flexibility index (Phi) is 2.60. The molecule has 0 fully saturated rings. The Labute approximate surface area is 89.5 Å². The van der Waals surface area contributed by atoms with Gasteiger partial charge in [0.1, 0.15) is 11.6 Å². The van der Waals surface area contributed by atoms with Crippen LogP contribution in [0.25, 0.3) is 11.3 Å². The first-order valence-electron chi connectivity index (χ1n) is 4.11. The molecule has 0 aliphatic heterocycles. The van der Waals surface area contributed by atoms with Crippen LogP contribution in [0.4, 0.5) is 8.78 Å². The number of aromatic nitrogens is 2. The van der Waals surface area contributed by atoms with Crippen LogP contribution >= 0.6 is 11.6 Å². The van der Waals surface area contributed by atoms with Gasteiger partial charge in [-0.1, -0.05) is 11.6 Å². The molecule has 76 valence electrons. The third-order valence-electron chi connectivity index (χ3n) is 1.79. The lowest BCUT2D eigenvalue weighted by molar-refractivity contribution is 0.584. The number of halogens is 3. The molecule has 1 heterocycles. The molecule has 0 radical (unpaired) electrons. The van der Waals surface area contributed by atoms with Crippen molar-refractivity contribution >= 4 is 11.6 Å². The van der Waals surface area contributed by atoms with Crippen molar-refractivity contribution in [3.8, 4) is 11.3 Å². The van der Waals surface area contributed by atoms with Crippen LogP contribution in [-0.2, 0) is 0 Å². The van der Waals surface area contributed by atoms with E-state index < -0.39 is 11.6 Å². The quantitative estimate of drug-likeness (QED) is 0.747. The van der Waals surface area contributed by atoms with Crippen LogP contribution in [0.3, 0.4) is 0 Å². The average molecular weight is 227 g/mol. The van der Waals surface area contributed by atoms with Gasteiger partial charge in [0, 0.05) is 11.6 Å². The number of benzene rings is 1. The molecule has 0 aliphatic rings. The summed E-state index contributed by atoms with van der Waals surface area (Å²) >= 11 is 5.54. The van der Waals surface area contributed by atoms with Crippen LogP contribution < -0.4 is 0 Å². The Morgan fingerprint density at radius 2 is 1.60 bits per heavy atom. The fraction of sp³-hybridized carbons (Fsp3) is 0. The summed E-state index contributed by atoms with van der Waals surface area (Å²) in [6, 6.07) is 6.21. The highest BCUT2D eigenvalue weighted by atomic mass is 35.5. The molecule has 2 nitrogen and oxygen atoms in total. The highest BCUT2D eigenvalue weighted by molar-refractivity contribution is 6.29. The largest absolute Gasteiger partial charge is 0.207 e. The zero-order valence-corrected chi connectivity index (χ0v) is 8.17. The molecule has 0 aliphatic carbocycles. The molecule has 0 N–H and O–H groups in total. The summed E-state index contributed by atoms with van der Waals surface area (Å²) in [7, 11) is 0. The molecular formula is C10H5ClF2N2. The van der Waals surface area contributed by atoms with E-state index in [1.165, 1.54) is 18.2 Å². The minimum Gasteiger partial charge on any atom is -0.207 e. The minimum atomic E-state index is -0.651. The molecule has 0 saturated heterocycles. The summed E-state index contributed by atoms with van der Waals surface area (Å²) in [5, 5.41) is 7.53. The van der Waals surface area contributed by atoms with Crippen LogP contribution in [0.5, 0.6) is 0 Å². The second-order valence-corrected chi connectivity index (χ2v) is 3.29. The smallest absolute Gasteiger partial charge is 0.151 e. The Morgan fingerprint density at radius 1 is 0.933 bits per heavy atom. The average Bonchev–Trinajstić information content (AvgIpc) is 2.17. The van der Waals surface area contributed by atoms with E-state index in [9.17, 15) is 8.78 Å². The molecule has 0 amide bonds. The van der Waals surface area contributed by atoms with Crippen LogP contribution in [0.2, 0.25) is 5.15 Å². The maximum atomic E-state index is 12.9. The third-order valence-corrected chi connectivity index (χ3v) is 1.99.